The summed E-state index contributed by atoms with van der Waals surface area (Å²) in [6.45, 7) is 14.0. The van der Waals surface area contributed by atoms with Gasteiger partial charge in [-0.3, -0.25) is 9.79 Å². The van der Waals surface area contributed by atoms with Crippen LogP contribution in [0.25, 0.3) is 0 Å². The predicted molar refractivity (Wildman–Crippen MR) is 197 cm³/mol. The second kappa shape index (κ2) is 16.9. The summed E-state index contributed by atoms with van der Waals surface area (Å²) in [7, 11) is -2.67. The third-order valence-corrected chi connectivity index (χ3v) is 13.2. The van der Waals surface area contributed by atoms with Gasteiger partial charge < -0.3 is 53.6 Å². The van der Waals surface area contributed by atoms with Gasteiger partial charge in [-0.25, -0.2) is 13.1 Å². The maximum atomic E-state index is 14.1. The number of esters is 1. The number of aliphatic imine (C=N–C) groups is 1. The summed E-state index contributed by atoms with van der Waals surface area (Å²) < 4.78 is 72.2. The van der Waals surface area contributed by atoms with E-state index in [-0.39, 0.29) is 30.7 Å². The number of benzene rings is 1. The predicted octanol–water partition coefficient (Wildman–Crippen LogP) is 2.00. The van der Waals surface area contributed by atoms with Gasteiger partial charge in [0.25, 0.3) is 0 Å². The summed E-state index contributed by atoms with van der Waals surface area (Å²) >= 11 is 0. The number of ether oxygens (including phenoxy) is 7. The molecule has 2 bridgehead atoms. The van der Waals surface area contributed by atoms with Crippen LogP contribution in [0.4, 0.5) is 0 Å². The normalized spacial score (nSPS) is 44.6. The molecule has 1 aromatic rings. The number of aliphatic hydroxyl groups excluding tert-OH is 3. The molecule has 1 aromatic carbocycles. The Morgan fingerprint density at radius 2 is 1.67 bits per heavy atom. The number of hydrogen-bond donors (Lipinski definition) is 5. The van der Waals surface area contributed by atoms with E-state index in [0.717, 1.165) is 0 Å². The first kappa shape index (κ1) is 43.8. The van der Waals surface area contributed by atoms with E-state index in [2.05, 4.69) is 9.71 Å². The quantitative estimate of drug-likeness (QED) is 0.226. The van der Waals surface area contributed by atoms with Crippen LogP contribution in [0, 0.1) is 17.8 Å². The zero-order valence-corrected chi connectivity index (χ0v) is 34.0. The number of rotatable bonds is 9. The summed E-state index contributed by atoms with van der Waals surface area (Å²) in [6.07, 6.45) is -10.4. The van der Waals surface area contributed by atoms with Crippen molar-refractivity contribution in [3.05, 3.63) is 30.3 Å². The number of nitrogens with zero attached hydrogens (tertiary/aromatic N) is 1. The van der Waals surface area contributed by atoms with Crippen molar-refractivity contribution in [2.75, 3.05) is 13.7 Å². The first-order valence-corrected chi connectivity index (χ1v) is 20.6. The van der Waals surface area contributed by atoms with Crippen molar-refractivity contribution in [3.63, 3.8) is 0 Å². The highest BCUT2D eigenvalue weighted by Crippen LogP contribution is 2.41. The molecule has 0 saturated carbocycles. The van der Waals surface area contributed by atoms with E-state index in [1.165, 1.54) is 26.2 Å². The number of carbonyl (C=O) groups excluding carboxylic acids is 1. The zero-order valence-electron chi connectivity index (χ0n) is 33.2. The molecular weight excluding hydrogens is 740 g/mol. The lowest BCUT2D eigenvalue weighted by Gasteiger charge is -2.48. The Morgan fingerprint density at radius 1 is 1.00 bits per heavy atom. The zero-order chi connectivity index (χ0) is 40.7. The van der Waals surface area contributed by atoms with Crippen LogP contribution in [0.1, 0.15) is 81.1 Å². The van der Waals surface area contributed by atoms with Crippen LogP contribution >= 0.6 is 0 Å². The van der Waals surface area contributed by atoms with Crippen molar-refractivity contribution in [2.24, 2.45) is 22.7 Å². The Bertz CT molecular complexity index is 1610. The van der Waals surface area contributed by atoms with Gasteiger partial charge in [-0.1, -0.05) is 39.0 Å². The minimum Gasteiger partial charge on any atom is -0.469 e. The molecule has 0 aliphatic carbocycles. The number of hydrogen-bond acceptors (Lipinski definition) is 15. The van der Waals surface area contributed by atoms with Crippen LogP contribution in [-0.4, -0.2) is 133 Å². The van der Waals surface area contributed by atoms with E-state index in [1.807, 2.05) is 20.8 Å². The van der Waals surface area contributed by atoms with Crippen LogP contribution in [0.5, 0.6) is 0 Å². The largest absolute Gasteiger partial charge is 0.469 e. The molecule has 0 amide bonds. The fourth-order valence-electron chi connectivity index (χ4n) is 8.36. The van der Waals surface area contributed by atoms with Gasteiger partial charge in [0.15, 0.2) is 30.4 Å². The van der Waals surface area contributed by atoms with Gasteiger partial charge in [0.2, 0.25) is 10.0 Å². The van der Waals surface area contributed by atoms with E-state index in [4.69, 9.17) is 33.2 Å². The highest BCUT2D eigenvalue weighted by atomic mass is 32.2. The fourth-order valence-corrected chi connectivity index (χ4v) is 9.65. The molecule has 5 N–H and O–H groups in total. The van der Waals surface area contributed by atoms with Gasteiger partial charge in [-0.2, -0.15) is 0 Å². The molecule has 4 aliphatic heterocycles. The third kappa shape index (κ3) is 9.38. The second-order valence-electron chi connectivity index (χ2n) is 16.3. The minimum absolute atomic E-state index is 0.0178. The van der Waals surface area contributed by atoms with E-state index >= 15 is 0 Å². The Morgan fingerprint density at radius 3 is 2.31 bits per heavy atom. The molecule has 3 fully saturated rings. The molecule has 312 valence electrons. The van der Waals surface area contributed by atoms with E-state index in [0.29, 0.717) is 12.3 Å². The van der Waals surface area contributed by atoms with Gasteiger partial charge in [0.1, 0.15) is 18.3 Å². The van der Waals surface area contributed by atoms with Gasteiger partial charge in [0, 0.05) is 31.8 Å². The lowest BCUT2D eigenvalue weighted by Crippen LogP contribution is -2.61. The first-order chi connectivity index (χ1) is 25.6. The number of sulfonamides is 1. The first-order valence-electron chi connectivity index (χ1n) is 19.1. The molecule has 4 heterocycles. The van der Waals surface area contributed by atoms with Crippen molar-refractivity contribution in [1.82, 2.24) is 4.72 Å². The number of aliphatic hydroxyl groups is 4. The number of cyclic esters (lactones) is 1. The minimum atomic E-state index is -4.14. The summed E-state index contributed by atoms with van der Waals surface area (Å²) in [4.78, 5) is 18.7. The van der Waals surface area contributed by atoms with Crippen molar-refractivity contribution in [3.8, 4) is 0 Å². The highest BCUT2D eigenvalue weighted by molar-refractivity contribution is 7.89. The topological polar surface area (TPSA) is 221 Å². The van der Waals surface area contributed by atoms with Gasteiger partial charge in [-0.05, 0) is 59.6 Å². The molecule has 0 spiro atoms. The molecule has 16 nitrogen and oxygen atoms in total. The molecule has 5 rings (SSSR count). The van der Waals surface area contributed by atoms with E-state index in [1.54, 1.807) is 45.9 Å². The Kier molecular flexibility index (Phi) is 13.5. The van der Waals surface area contributed by atoms with E-state index < -0.39 is 112 Å². The Hall–Kier alpha value is -2.29. The SMILES string of the molecule is CC[C@@H]1OC(=O)[C@H](C)[C@H](O[C@H]2C[C@@](C)(OC)[C@@H](O)[C@H](C)O2)[C@H](C)[C@@H](O[C@@H]2O[C@H](O)C[C@H](NS(=O)(=O)c3ccccc3)[C@H]2O)[C@](C)(O)C[C@@H](C)C2=NC[C@@]1(C)O2. The molecule has 0 aromatic heterocycles. The number of nitrogens with one attached hydrogen (secondary N) is 1. The van der Waals surface area contributed by atoms with Crippen molar-refractivity contribution in [2.45, 2.75) is 164 Å². The standard InChI is InChI=1S/C38H60N2O14S/c1-10-26-38(8)19-39-33(54-38)20(2)17-36(6,45)32(53-35-29(42)25(16-27(41)51-35)40-55(46,47)24-14-12-11-13-15-24)21(3)30(22(4)34(44)50-26)52-28-18-37(7,48-9)31(43)23(5)49-28/h11-15,20-23,25-32,35,40-43,45H,10,16-19H2,1-9H3/t20-,21+,22-,23+,25+,26+,27+,28+,29-,30-,31+,32-,35+,36-,37-,38-/m1/s1. The maximum absolute atomic E-state index is 14.1. The lowest BCUT2D eigenvalue weighted by atomic mass is 9.77. The van der Waals surface area contributed by atoms with E-state index in [9.17, 15) is 33.6 Å². The average molecular weight is 801 g/mol. The molecule has 4 aliphatic rings. The van der Waals surface area contributed by atoms with Gasteiger partial charge in [-0.15, -0.1) is 0 Å². The molecule has 0 radical (unpaired) electrons. The van der Waals surface area contributed by atoms with Crippen LogP contribution < -0.4 is 4.72 Å². The summed E-state index contributed by atoms with van der Waals surface area (Å²) in [6, 6.07) is 6.32. The Labute approximate surface area is 323 Å². The molecular formula is C38H60N2O14S. The summed E-state index contributed by atoms with van der Waals surface area (Å²) in [5, 5.41) is 45.8. The molecule has 55 heavy (non-hydrogen) atoms. The second-order valence-corrected chi connectivity index (χ2v) is 18.0. The monoisotopic (exact) mass is 800 g/mol. The maximum Gasteiger partial charge on any atom is 0.311 e. The van der Waals surface area contributed by atoms with Crippen molar-refractivity contribution >= 4 is 21.9 Å². The van der Waals surface area contributed by atoms with Crippen molar-refractivity contribution in [1.29, 1.82) is 0 Å². The number of fused-ring (bicyclic) bond motifs is 2. The van der Waals surface area contributed by atoms with Crippen LogP contribution in [0.2, 0.25) is 0 Å². The summed E-state index contributed by atoms with van der Waals surface area (Å²) in [5.74, 6) is -2.64. The number of methoxy groups -OCH3 is 1. The summed E-state index contributed by atoms with van der Waals surface area (Å²) in [5.41, 5.74) is -3.81. The van der Waals surface area contributed by atoms with Crippen LogP contribution in [0.3, 0.4) is 0 Å². The smallest absolute Gasteiger partial charge is 0.311 e. The molecule has 0 unspecified atom stereocenters. The van der Waals surface area contributed by atoms with Gasteiger partial charge >= 0.3 is 5.97 Å². The van der Waals surface area contributed by atoms with Gasteiger partial charge in [0.05, 0.1) is 52.9 Å². The van der Waals surface area contributed by atoms with Crippen molar-refractivity contribution < 1.29 is 66.8 Å². The molecule has 3 saturated heterocycles. The molecule has 17 heteroatoms. The highest BCUT2D eigenvalue weighted by Gasteiger charge is 2.53. The van der Waals surface area contributed by atoms with Crippen LogP contribution in [0.15, 0.2) is 40.2 Å². The lowest BCUT2D eigenvalue weighted by molar-refractivity contribution is -0.332. The molecule has 16 atom stereocenters. The van der Waals surface area contributed by atoms with Crippen LogP contribution in [-0.2, 0) is 48.0 Å². The fraction of sp³-hybridized carbons (Fsp3) is 0.789. The number of carbonyl (C=O) groups is 1. The average Bonchev–Trinajstić information content (AvgIpc) is 3.54. The third-order valence-electron chi connectivity index (χ3n) is 11.7. The Balaban J connectivity index is 1.53.